The average molecular weight is 233 g/mol. The molecule has 0 heterocycles. The van der Waals surface area contributed by atoms with E-state index in [1.807, 2.05) is 0 Å². The third-order valence-electron chi connectivity index (χ3n) is 3.63. The summed E-state index contributed by atoms with van der Waals surface area (Å²) in [5, 5.41) is 0.658. The highest BCUT2D eigenvalue weighted by molar-refractivity contribution is 6.36. The van der Waals surface area contributed by atoms with Crippen LogP contribution in [0.3, 0.4) is 0 Å². The molecular formula is C11H14Cl2O. The molecule has 0 amide bonds. The number of rotatable bonds is 1. The summed E-state index contributed by atoms with van der Waals surface area (Å²) in [4.78, 5) is 11.6. The maximum absolute atomic E-state index is 11.6. The van der Waals surface area contributed by atoms with Gasteiger partial charge >= 0.3 is 0 Å². The van der Waals surface area contributed by atoms with Crippen molar-refractivity contribution in [3.8, 4) is 0 Å². The lowest BCUT2D eigenvalue weighted by molar-refractivity contribution is -0.127. The molecule has 3 heteroatoms. The summed E-state index contributed by atoms with van der Waals surface area (Å²) in [5.74, 6) is 0.549. The van der Waals surface area contributed by atoms with E-state index in [9.17, 15) is 4.79 Å². The molecule has 78 valence electrons. The Morgan fingerprint density at radius 1 is 1.50 bits per heavy atom. The standard InChI is InChI=1S/C11H14Cl2O/c12-7-10(13)8-4-9(14)6-11(5-8)2-1-3-11/h7-8H,1-6H2. The molecule has 0 aromatic carbocycles. The second-order valence-electron chi connectivity index (χ2n) is 4.67. The smallest absolute Gasteiger partial charge is 0.134 e. The minimum atomic E-state index is 0.190. The van der Waals surface area contributed by atoms with Crippen molar-refractivity contribution in [1.82, 2.24) is 0 Å². The molecule has 0 saturated heterocycles. The van der Waals surface area contributed by atoms with Crippen LogP contribution in [0.1, 0.15) is 38.5 Å². The highest BCUT2D eigenvalue weighted by Crippen LogP contribution is 2.53. The van der Waals surface area contributed by atoms with E-state index in [1.165, 1.54) is 24.8 Å². The number of Topliss-reactive ketones (excluding diaryl/α,β-unsaturated/α-hetero) is 1. The molecule has 1 nitrogen and oxygen atoms in total. The first kappa shape index (κ1) is 10.5. The van der Waals surface area contributed by atoms with Crippen LogP contribution in [0.15, 0.2) is 10.6 Å². The summed E-state index contributed by atoms with van der Waals surface area (Å²) < 4.78 is 0. The van der Waals surface area contributed by atoms with E-state index < -0.39 is 0 Å². The largest absolute Gasteiger partial charge is 0.300 e. The molecule has 0 radical (unpaired) electrons. The molecule has 2 rings (SSSR count). The number of hydrogen-bond acceptors (Lipinski definition) is 1. The minimum absolute atomic E-state index is 0.190. The van der Waals surface area contributed by atoms with Crippen molar-refractivity contribution in [2.75, 3.05) is 0 Å². The van der Waals surface area contributed by atoms with Crippen molar-refractivity contribution in [1.29, 1.82) is 0 Å². The van der Waals surface area contributed by atoms with E-state index >= 15 is 0 Å². The number of carbonyl (C=O) groups is 1. The van der Waals surface area contributed by atoms with Gasteiger partial charge in [0.2, 0.25) is 0 Å². The zero-order valence-electron chi connectivity index (χ0n) is 8.06. The predicted octanol–water partition coefficient (Wildman–Crippen LogP) is 3.84. The van der Waals surface area contributed by atoms with E-state index in [4.69, 9.17) is 23.2 Å². The van der Waals surface area contributed by atoms with Crippen molar-refractivity contribution >= 4 is 29.0 Å². The fourth-order valence-corrected chi connectivity index (χ4v) is 3.11. The Labute approximate surface area is 94.5 Å². The molecule has 0 aromatic heterocycles. The van der Waals surface area contributed by atoms with E-state index in [0.717, 1.165) is 12.8 Å². The van der Waals surface area contributed by atoms with Gasteiger partial charge in [-0.2, -0.15) is 0 Å². The van der Waals surface area contributed by atoms with Crippen molar-refractivity contribution in [3.63, 3.8) is 0 Å². The van der Waals surface area contributed by atoms with Crippen LogP contribution >= 0.6 is 23.2 Å². The van der Waals surface area contributed by atoms with Crippen LogP contribution in [0.25, 0.3) is 0 Å². The minimum Gasteiger partial charge on any atom is -0.300 e. The van der Waals surface area contributed by atoms with Gasteiger partial charge < -0.3 is 0 Å². The third-order valence-corrected chi connectivity index (χ3v) is 4.40. The third kappa shape index (κ3) is 1.85. The molecule has 14 heavy (non-hydrogen) atoms. The first-order valence-corrected chi connectivity index (χ1v) is 5.94. The van der Waals surface area contributed by atoms with Crippen LogP contribution in [0.5, 0.6) is 0 Å². The maximum Gasteiger partial charge on any atom is 0.134 e. The average Bonchev–Trinajstić information content (AvgIpc) is 2.13. The van der Waals surface area contributed by atoms with Gasteiger partial charge in [0.15, 0.2) is 0 Å². The number of halogens is 2. The van der Waals surface area contributed by atoms with Crippen LogP contribution in [-0.2, 0) is 4.79 Å². The molecule has 2 aliphatic rings. The van der Waals surface area contributed by atoms with Gasteiger partial charge in [0.05, 0.1) is 0 Å². The summed E-state index contributed by atoms with van der Waals surface area (Å²) in [6.07, 6.45) is 6.08. The van der Waals surface area contributed by atoms with Crippen molar-refractivity contribution < 1.29 is 4.79 Å². The zero-order valence-corrected chi connectivity index (χ0v) is 9.57. The molecule has 1 spiro atoms. The van der Waals surface area contributed by atoms with E-state index in [2.05, 4.69) is 0 Å². The molecule has 2 aliphatic carbocycles. The highest BCUT2D eigenvalue weighted by atomic mass is 35.5. The topological polar surface area (TPSA) is 17.1 Å². The van der Waals surface area contributed by atoms with Crippen molar-refractivity contribution in [3.05, 3.63) is 10.6 Å². The van der Waals surface area contributed by atoms with Gasteiger partial charge in [0, 0.05) is 29.3 Å². The normalized spacial score (nSPS) is 31.7. The van der Waals surface area contributed by atoms with E-state index in [-0.39, 0.29) is 5.92 Å². The lowest BCUT2D eigenvalue weighted by Gasteiger charge is -2.46. The monoisotopic (exact) mass is 232 g/mol. The Kier molecular flexibility index (Phi) is 2.90. The number of ketones is 1. The molecule has 1 atom stereocenters. The lowest BCUT2D eigenvalue weighted by atomic mass is 9.58. The molecular weight excluding hydrogens is 219 g/mol. The van der Waals surface area contributed by atoms with Crippen LogP contribution in [0.4, 0.5) is 0 Å². The lowest BCUT2D eigenvalue weighted by Crippen LogP contribution is -2.38. The molecule has 1 unspecified atom stereocenters. The maximum atomic E-state index is 11.6. The Hall–Kier alpha value is -0.0100. The molecule has 0 aromatic rings. The van der Waals surface area contributed by atoms with Gasteiger partial charge in [-0.25, -0.2) is 0 Å². The number of hydrogen-bond donors (Lipinski definition) is 0. The van der Waals surface area contributed by atoms with Gasteiger partial charge in [0.25, 0.3) is 0 Å². The van der Waals surface area contributed by atoms with Crippen LogP contribution < -0.4 is 0 Å². The fourth-order valence-electron chi connectivity index (χ4n) is 2.77. The molecule has 2 fully saturated rings. The summed E-state index contributed by atoms with van der Waals surface area (Å²) >= 11 is 11.6. The second-order valence-corrected chi connectivity index (χ2v) is 5.32. The zero-order chi connectivity index (χ0) is 10.2. The molecule has 0 bridgehead atoms. The van der Waals surface area contributed by atoms with Gasteiger partial charge in [-0.05, 0) is 24.7 Å². The van der Waals surface area contributed by atoms with E-state index in [0.29, 0.717) is 22.7 Å². The van der Waals surface area contributed by atoms with Crippen LogP contribution in [0.2, 0.25) is 0 Å². The highest BCUT2D eigenvalue weighted by Gasteiger charge is 2.44. The number of allylic oxidation sites excluding steroid dienone is 1. The summed E-state index contributed by atoms with van der Waals surface area (Å²) in [6.45, 7) is 0. The first-order valence-electron chi connectivity index (χ1n) is 5.13. The van der Waals surface area contributed by atoms with Crippen molar-refractivity contribution in [2.45, 2.75) is 38.5 Å². The van der Waals surface area contributed by atoms with Gasteiger partial charge in [-0.3, -0.25) is 4.79 Å². The van der Waals surface area contributed by atoms with Crippen molar-refractivity contribution in [2.24, 2.45) is 11.3 Å². The Morgan fingerprint density at radius 2 is 2.21 bits per heavy atom. The summed E-state index contributed by atoms with van der Waals surface area (Å²) in [7, 11) is 0. The summed E-state index contributed by atoms with van der Waals surface area (Å²) in [6, 6.07) is 0. The Balaban J connectivity index is 2.10. The van der Waals surface area contributed by atoms with Gasteiger partial charge in [-0.1, -0.05) is 29.6 Å². The van der Waals surface area contributed by atoms with Gasteiger partial charge in [0.1, 0.15) is 5.78 Å². The quantitative estimate of drug-likeness (QED) is 0.672. The van der Waals surface area contributed by atoms with E-state index in [1.54, 1.807) is 0 Å². The van der Waals surface area contributed by atoms with Crippen LogP contribution in [0, 0.1) is 11.3 Å². The first-order chi connectivity index (χ1) is 6.65. The molecule has 0 aliphatic heterocycles. The summed E-state index contributed by atoms with van der Waals surface area (Å²) in [5.41, 5.74) is 1.71. The molecule has 2 saturated carbocycles. The Bertz CT molecular complexity index is 279. The SMILES string of the molecule is O=C1CC(C(Cl)=CCl)CC2(CCC2)C1. The van der Waals surface area contributed by atoms with Gasteiger partial charge in [-0.15, -0.1) is 0 Å². The number of carbonyl (C=O) groups excluding carboxylic acids is 1. The van der Waals surface area contributed by atoms with Crippen LogP contribution in [-0.4, -0.2) is 5.78 Å². The fraction of sp³-hybridized carbons (Fsp3) is 0.727. The predicted molar refractivity (Wildman–Crippen MR) is 58.4 cm³/mol. The molecule has 0 N–H and O–H groups in total. The second kappa shape index (κ2) is 3.86. The Morgan fingerprint density at radius 3 is 2.71 bits per heavy atom.